The van der Waals surface area contributed by atoms with E-state index in [1.165, 1.54) is 19.3 Å². The predicted octanol–water partition coefficient (Wildman–Crippen LogP) is 3.08. The zero-order valence-corrected chi connectivity index (χ0v) is 14.3. The van der Waals surface area contributed by atoms with Crippen molar-refractivity contribution in [3.8, 4) is 0 Å². The van der Waals surface area contributed by atoms with Crippen LogP contribution in [0, 0.1) is 6.92 Å². The highest BCUT2D eigenvalue weighted by atomic mass is 16.5. The van der Waals surface area contributed by atoms with Crippen LogP contribution in [0.3, 0.4) is 0 Å². The molecule has 2 fully saturated rings. The smallest absolute Gasteiger partial charge is 0.257 e. The first kappa shape index (κ1) is 16.4. The molecule has 5 heteroatoms. The molecule has 0 radical (unpaired) electrons. The van der Waals surface area contributed by atoms with Crippen molar-refractivity contribution >= 4 is 5.91 Å². The normalized spacial score (nSPS) is 21.5. The number of aryl methyl sites for hydroxylation is 1. The Morgan fingerprint density at radius 3 is 2.87 bits per heavy atom. The SMILES string of the molecule is COCCC[C@@H]1CCCCN1C(=O)c1cnc(C2CC2)nc1C. The van der Waals surface area contributed by atoms with Gasteiger partial charge in [-0.1, -0.05) is 0 Å². The van der Waals surface area contributed by atoms with Crippen molar-refractivity contribution in [1.82, 2.24) is 14.9 Å². The number of ether oxygens (including phenoxy) is 1. The third-order valence-corrected chi connectivity index (χ3v) is 4.94. The summed E-state index contributed by atoms with van der Waals surface area (Å²) in [5.74, 6) is 1.54. The number of likely N-dealkylation sites (tertiary alicyclic amines) is 1. The van der Waals surface area contributed by atoms with Crippen LogP contribution in [0.2, 0.25) is 0 Å². The predicted molar refractivity (Wildman–Crippen MR) is 88.5 cm³/mol. The minimum atomic E-state index is 0.104. The number of piperidine rings is 1. The number of hydrogen-bond donors (Lipinski definition) is 0. The molecule has 2 aliphatic rings. The van der Waals surface area contributed by atoms with Gasteiger partial charge in [-0.2, -0.15) is 0 Å². The number of carbonyl (C=O) groups excluding carboxylic acids is 1. The van der Waals surface area contributed by atoms with Gasteiger partial charge in [-0.05, 0) is 51.9 Å². The molecular weight excluding hydrogens is 290 g/mol. The number of nitrogens with zero attached hydrogens (tertiary/aromatic N) is 3. The molecule has 23 heavy (non-hydrogen) atoms. The van der Waals surface area contributed by atoms with Crippen LogP contribution >= 0.6 is 0 Å². The summed E-state index contributed by atoms with van der Waals surface area (Å²) in [6, 6.07) is 0.328. The van der Waals surface area contributed by atoms with Gasteiger partial charge in [0.05, 0.1) is 11.3 Å². The Balaban J connectivity index is 1.71. The maximum absolute atomic E-state index is 13.0. The molecule has 126 valence electrons. The summed E-state index contributed by atoms with van der Waals surface area (Å²) < 4.78 is 5.15. The Labute approximate surface area is 138 Å². The molecule has 1 atom stereocenters. The highest BCUT2D eigenvalue weighted by Crippen LogP contribution is 2.38. The van der Waals surface area contributed by atoms with Gasteiger partial charge < -0.3 is 9.64 Å². The summed E-state index contributed by atoms with van der Waals surface area (Å²) in [6.07, 6.45) is 9.51. The van der Waals surface area contributed by atoms with E-state index in [0.717, 1.165) is 50.4 Å². The van der Waals surface area contributed by atoms with Gasteiger partial charge in [0.15, 0.2) is 0 Å². The maximum atomic E-state index is 13.0. The van der Waals surface area contributed by atoms with Gasteiger partial charge in [0, 0.05) is 38.4 Å². The molecule has 0 spiro atoms. The minimum Gasteiger partial charge on any atom is -0.385 e. The molecule has 1 saturated carbocycles. The van der Waals surface area contributed by atoms with Crippen LogP contribution in [0.5, 0.6) is 0 Å². The van der Waals surface area contributed by atoms with Gasteiger partial charge in [-0.25, -0.2) is 9.97 Å². The summed E-state index contributed by atoms with van der Waals surface area (Å²) in [5.41, 5.74) is 1.50. The van der Waals surface area contributed by atoms with Gasteiger partial charge in [0.25, 0.3) is 5.91 Å². The van der Waals surface area contributed by atoms with E-state index < -0.39 is 0 Å². The van der Waals surface area contributed by atoms with E-state index in [1.807, 2.05) is 11.8 Å². The third kappa shape index (κ3) is 3.89. The highest BCUT2D eigenvalue weighted by Gasteiger charge is 2.30. The first-order valence-corrected chi connectivity index (χ1v) is 8.84. The first-order valence-electron chi connectivity index (χ1n) is 8.84. The van der Waals surface area contributed by atoms with Crippen LogP contribution < -0.4 is 0 Å². The summed E-state index contributed by atoms with van der Waals surface area (Å²) in [4.78, 5) is 24.0. The maximum Gasteiger partial charge on any atom is 0.257 e. The minimum absolute atomic E-state index is 0.104. The van der Waals surface area contributed by atoms with E-state index in [-0.39, 0.29) is 5.91 Å². The number of methoxy groups -OCH3 is 1. The molecule has 1 aliphatic heterocycles. The van der Waals surface area contributed by atoms with Crippen molar-refractivity contribution in [1.29, 1.82) is 0 Å². The van der Waals surface area contributed by atoms with E-state index in [1.54, 1.807) is 13.3 Å². The van der Waals surface area contributed by atoms with Gasteiger partial charge in [0.1, 0.15) is 5.82 Å². The lowest BCUT2D eigenvalue weighted by molar-refractivity contribution is 0.0583. The Morgan fingerprint density at radius 1 is 1.35 bits per heavy atom. The number of amides is 1. The van der Waals surface area contributed by atoms with E-state index >= 15 is 0 Å². The summed E-state index contributed by atoms with van der Waals surface area (Å²) >= 11 is 0. The zero-order chi connectivity index (χ0) is 16.2. The summed E-state index contributed by atoms with van der Waals surface area (Å²) in [7, 11) is 1.73. The van der Waals surface area contributed by atoms with Gasteiger partial charge >= 0.3 is 0 Å². The molecule has 3 rings (SSSR count). The fourth-order valence-electron chi connectivity index (χ4n) is 3.42. The quantitative estimate of drug-likeness (QED) is 0.757. The monoisotopic (exact) mass is 317 g/mol. The van der Waals surface area contributed by atoms with Crippen molar-refractivity contribution in [3.05, 3.63) is 23.3 Å². The van der Waals surface area contributed by atoms with Crippen molar-refractivity contribution in [2.24, 2.45) is 0 Å². The second kappa shape index (κ2) is 7.39. The fourth-order valence-corrected chi connectivity index (χ4v) is 3.42. The number of carbonyl (C=O) groups is 1. The molecule has 1 aromatic heterocycles. The Bertz CT molecular complexity index is 557. The standard InChI is InChI=1S/C18H27N3O2/c1-13-16(12-19-17(20-13)14-8-9-14)18(22)21-10-4-3-6-15(21)7-5-11-23-2/h12,14-15H,3-11H2,1-2H3/t15-/m0/s1. The Hall–Kier alpha value is -1.49. The molecule has 5 nitrogen and oxygen atoms in total. The third-order valence-electron chi connectivity index (χ3n) is 4.94. The lowest BCUT2D eigenvalue weighted by atomic mass is 9.97. The van der Waals surface area contributed by atoms with Crippen molar-refractivity contribution in [2.45, 2.75) is 63.8 Å². The Morgan fingerprint density at radius 2 is 2.17 bits per heavy atom. The van der Waals surface area contributed by atoms with E-state index in [4.69, 9.17) is 4.74 Å². The van der Waals surface area contributed by atoms with Crippen molar-refractivity contribution in [3.63, 3.8) is 0 Å². The molecule has 2 heterocycles. The lowest BCUT2D eigenvalue weighted by Gasteiger charge is -2.36. The molecule has 0 N–H and O–H groups in total. The first-order chi connectivity index (χ1) is 11.2. The summed E-state index contributed by atoms with van der Waals surface area (Å²) in [5, 5.41) is 0. The average molecular weight is 317 g/mol. The highest BCUT2D eigenvalue weighted by molar-refractivity contribution is 5.95. The van der Waals surface area contributed by atoms with Crippen LogP contribution in [-0.4, -0.2) is 47.1 Å². The molecule has 1 saturated heterocycles. The van der Waals surface area contributed by atoms with Crippen LogP contribution in [0.15, 0.2) is 6.20 Å². The molecule has 0 bridgehead atoms. The zero-order valence-electron chi connectivity index (χ0n) is 14.3. The largest absolute Gasteiger partial charge is 0.385 e. The van der Waals surface area contributed by atoms with Crippen molar-refractivity contribution in [2.75, 3.05) is 20.3 Å². The molecule has 0 aromatic carbocycles. The van der Waals surface area contributed by atoms with Gasteiger partial charge in [-0.3, -0.25) is 4.79 Å². The molecule has 1 amide bonds. The molecular formula is C18H27N3O2. The number of rotatable bonds is 6. The molecule has 1 aliphatic carbocycles. The van der Waals surface area contributed by atoms with Gasteiger partial charge in [-0.15, -0.1) is 0 Å². The van der Waals surface area contributed by atoms with Crippen LogP contribution in [0.25, 0.3) is 0 Å². The van der Waals surface area contributed by atoms with Gasteiger partial charge in [0.2, 0.25) is 0 Å². The van der Waals surface area contributed by atoms with E-state index in [2.05, 4.69) is 9.97 Å². The van der Waals surface area contributed by atoms with E-state index in [0.29, 0.717) is 17.5 Å². The van der Waals surface area contributed by atoms with Crippen LogP contribution in [0.4, 0.5) is 0 Å². The molecule has 0 unspecified atom stereocenters. The summed E-state index contributed by atoms with van der Waals surface area (Å²) in [6.45, 7) is 3.54. The Kier molecular flexibility index (Phi) is 5.26. The van der Waals surface area contributed by atoms with E-state index in [9.17, 15) is 4.79 Å². The van der Waals surface area contributed by atoms with Crippen LogP contribution in [0.1, 0.15) is 72.7 Å². The number of aromatic nitrogens is 2. The second-order valence-electron chi connectivity index (χ2n) is 6.78. The fraction of sp³-hybridized carbons (Fsp3) is 0.722. The second-order valence-corrected chi connectivity index (χ2v) is 6.78. The molecule has 1 aromatic rings. The average Bonchev–Trinajstić information content (AvgIpc) is 3.40. The lowest BCUT2D eigenvalue weighted by Crippen LogP contribution is -2.44. The van der Waals surface area contributed by atoms with Crippen molar-refractivity contribution < 1.29 is 9.53 Å². The number of hydrogen-bond acceptors (Lipinski definition) is 4. The topological polar surface area (TPSA) is 55.3 Å². The van der Waals surface area contributed by atoms with Crippen LogP contribution in [-0.2, 0) is 4.74 Å².